The Hall–Kier alpha value is -0.700. The lowest BCUT2D eigenvalue weighted by Gasteiger charge is -2.42. The van der Waals surface area contributed by atoms with Crippen molar-refractivity contribution < 1.29 is 35.9 Å². The van der Waals surface area contributed by atoms with Crippen LogP contribution in [-0.2, 0) is 9.53 Å². The van der Waals surface area contributed by atoms with Crippen LogP contribution in [0.25, 0.3) is 0 Å². The number of ether oxygens (including phenoxy) is 1. The molecule has 116 valence electrons. The molecule has 0 aromatic rings. The molecule has 0 aromatic heterocycles. The van der Waals surface area contributed by atoms with Gasteiger partial charge < -0.3 is 4.74 Å². The first kappa shape index (κ1) is 15.7. The van der Waals surface area contributed by atoms with E-state index >= 15 is 0 Å². The minimum atomic E-state index is -5.54. The molecule has 1 saturated heterocycles. The average molecular weight is 326 g/mol. The molecule has 0 aromatic carbocycles. The Morgan fingerprint density at radius 3 is 2.05 bits per heavy atom. The highest BCUT2D eigenvalue weighted by Crippen LogP contribution is 2.58. The number of hydrogen-bond acceptors (Lipinski definition) is 3. The summed E-state index contributed by atoms with van der Waals surface area (Å²) in [6, 6.07) is -1.38. The molecule has 20 heavy (non-hydrogen) atoms. The van der Waals surface area contributed by atoms with E-state index in [1.54, 1.807) is 0 Å². The van der Waals surface area contributed by atoms with Gasteiger partial charge in [-0.2, -0.15) is 26.3 Å². The van der Waals surface area contributed by atoms with Gasteiger partial charge in [-0.3, -0.25) is 10.1 Å². The number of alkyl halides is 7. The third-order valence-corrected chi connectivity index (χ3v) is 4.35. The van der Waals surface area contributed by atoms with Crippen molar-refractivity contribution in [1.82, 2.24) is 5.32 Å². The number of hydrogen-bond donors (Lipinski definition) is 1. The molecule has 3 nitrogen and oxygen atoms in total. The normalized spacial score (nSPS) is 36.2. The van der Waals surface area contributed by atoms with Gasteiger partial charge >= 0.3 is 18.3 Å². The Kier molecular flexibility index (Phi) is 3.45. The van der Waals surface area contributed by atoms with Crippen molar-refractivity contribution in [1.29, 1.82) is 0 Å². The Bertz CT molecular complexity index is 409. The summed E-state index contributed by atoms with van der Waals surface area (Å²) >= 11 is 5.70. The maximum Gasteiger partial charge on any atom is 0.415 e. The van der Waals surface area contributed by atoms with E-state index in [4.69, 9.17) is 16.3 Å². The zero-order valence-electron chi connectivity index (χ0n) is 9.98. The van der Waals surface area contributed by atoms with E-state index in [-0.39, 0.29) is 0 Å². The van der Waals surface area contributed by atoms with Crippen LogP contribution in [0.4, 0.5) is 26.3 Å². The SMILES string of the molecule is CC(=O)O[C@@H]1C[C@H]2[C@H](Cl)[C@H]1NC2(C(F)(F)F)C(F)(F)F. The first-order chi connectivity index (χ1) is 8.92. The van der Waals surface area contributed by atoms with Gasteiger partial charge in [0, 0.05) is 12.8 Å². The van der Waals surface area contributed by atoms with E-state index in [1.165, 1.54) is 5.32 Å². The van der Waals surface area contributed by atoms with Crippen molar-refractivity contribution in [3.8, 4) is 0 Å². The lowest BCUT2D eigenvalue weighted by atomic mass is 9.82. The highest BCUT2D eigenvalue weighted by atomic mass is 35.5. The third-order valence-electron chi connectivity index (χ3n) is 3.78. The Balaban J connectivity index is 2.37. The molecule has 2 aliphatic rings. The summed E-state index contributed by atoms with van der Waals surface area (Å²) in [5.41, 5.74) is -4.05. The van der Waals surface area contributed by atoms with Crippen LogP contribution in [0.1, 0.15) is 13.3 Å². The number of piperidine rings is 1. The van der Waals surface area contributed by atoms with Crippen molar-refractivity contribution in [3.63, 3.8) is 0 Å². The van der Waals surface area contributed by atoms with Crippen molar-refractivity contribution in [3.05, 3.63) is 0 Å². The van der Waals surface area contributed by atoms with Crippen LogP contribution >= 0.6 is 11.6 Å². The van der Waals surface area contributed by atoms with Gasteiger partial charge in [0.1, 0.15) is 6.10 Å². The predicted molar refractivity (Wildman–Crippen MR) is 55.1 cm³/mol. The highest BCUT2D eigenvalue weighted by molar-refractivity contribution is 6.22. The van der Waals surface area contributed by atoms with Gasteiger partial charge in [-0.25, -0.2) is 0 Å². The number of esters is 1. The molecule has 1 N–H and O–H groups in total. The predicted octanol–water partition coefficient (Wildman–Crippen LogP) is 2.38. The molecule has 1 aliphatic heterocycles. The average Bonchev–Trinajstić information content (AvgIpc) is 2.66. The summed E-state index contributed by atoms with van der Waals surface area (Å²) in [4.78, 5) is 10.8. The maximum atomic E-state index is 13.0. The summed E-state index contributed by atoms with van der Waals surface area (Å²) in [5.74, 6) is -2.71. The van der Waals surface area contributed by atoms with E-state index < -0.39 is 53.7 Å². The van der Waals surface area contributed by atoms with Gasteiger partial charge in [-0.1, -0.05) is 0 Å². The van der Waals surface area contributed by atoms with Crippen LogP contribution in [0.5, 0.6) is 0 Å². The van der Waals surface area contributed by atoms with Gasteiger partial charge in [-0.05, 0) is 6.42 Å². The van der Waals surface area contributed by atoms with Crippen molar-refractivity contribution in [2.24, 2.45) is 5.92 Å². The molecule has 0 unspecified atom stereocenters. The number of rotatable bonds is 1. The first-order valence-corrected chi connectivity index (χ1v) is 6.08. The Morgan fingerprint density at radius 2 is 1.75 bits per heavy atom. The summed E-state index contributed by atoms with van der Waals surface area (Å²) in [6.45, 7) is 1.02. The number of carbonyl (C=O) groups excluding carboxylic acids is 1. The molecule has 0 spiro atoms. The molecule has 2 fully saturated rings. The van der Waals surface area contributed by atoms with Crippen LogP contribution in [0.15, 0.2) is 0 Å². The molecule has 0 amide bonds. The summed E-state index contributed by atoms with van der Waals surface area (Å²) in [7, 11) is 0. The number of halogens is 7. The molecule has 1 heterocycles. The maximum absolute atomic E-state index is 13.0. The quantitative estimate of drug-likeness (QED) is 0.457. The van der Waals surface area contributed by atoms with Gasteiger partial charge in [0.2, 0.25) is 5.54 Å². The van der Waals surface area contributed by atoms with E-state index in [9.17, 15) is 31.1 Å². The van der Waals surface area contributed by atoms with Gasteiger partial charge in [-0.15, -0.1) is 11.6 Å². The molecule has 1 aliphatic carbocycles. The van der Waals surface area contributed by atoms with Gasteiger partial charge in [0.05, 0.1) is 11.4 Å². The molecular weight excluding hydrogens is 316 g/mol. The lowest BCUT2D eigenvalue weighted by Crippen LogP contribution is -2.70. The number of carbonyl (C=O) groups is 1. The standard InChI is InChI=1S/C10H10ClF6NO2/c1-3(19)20-5-2-4-6(11)7(5)18-8(4,9(12,13)14)10(15,16)17/h4-7,18H,2H2,1H3/t4-,5+,6-,7-/m0/s1. The summed E-state index contributed by atoms with van der Waals surface area (Å²) < 4.78 is 82.6. The van der Waals surface area contributed by atoms with Crippen LogP contribution in [0.2, 0.25) is 0 Å². The van der Waals surface area contributed by atoms with E-state index in [2.05, 4.69) is 0 Å². The minimum absolute atomic E-state index is 0.579. The fourth-order valence-corrected chi connectivity index (χ4v) is 3.54. The zero-order chi connectivity index (χ0) is 15.5. The van der Waals surface area contributed by atoms with E-state index in [0.717, 1.165) is 6.92 Å². The zero-order valence-corrected chi connectivity index (χ0v) is 10.7. The lowest BCUT2D eigenvalue weighted by molar-refractivity contribution is -0.320. The molecule has 1 saturated carbocycles. The largest absolute Gasteiger partial charge is 0.461 e. The third kappa shape index (κ3) is 1.97. The molecule has 0 radical (unpaired) electrons. The number of fused-ring (bicyclic) bond motifs is 2. The summed E-state index contributed by atoms with van der Waals surface area (Å²) in [6.07, 6.45) is -12.7. The van der Waals surface area contributed by atoms with E-state index in [1.807, 2.05) is 0 Å². The second kappa shape index (κ2) is 4.40. The van der Waals surface area contributed by atoms with Crippen LogP contribution < -0.4 is 5.32 Å². The smallest absolute Gasteiger partial charge is 0.415 e. The fourth-order valence-electron chi connectivity index (χ4n) is 3.02. The highest BCUT2D eigenvalue weighted by Gasteiger charge is 2.81. The Labute approximate surface area is 114 Å². The van der Waals surface area contributed by atoms with Crippen LogP contribution in [-0.4, -0.2) is 41.4 Å². The molecule has 2 bridgehead atoms. The molecular formula is C10H10ClF6NO2. The van der Waals surface area contributed by atoms with Crippen molar-refractivity contribution >= 4 is 17.6 Å². The molecule has 2 rings (SSSR count). The molecule has 4 atom stereocenters. The second-order valence-electron chi connectivity index (χ2n) is 4.91. The Morgan fingerprint density at radius 1 is 1.25 bits per heavy atom. The van der Waals surface area contributed by atoms with Crippen LogP contribution in [0, 0.1) is 5.92 Å². The van der Waals surface area contributed by atoms with Crippen molar-refractivity contribution in [2.75, 3.05) is 0 Å². The van der Waals surface area contributed by atoms with Crippen LogP contribution in [0.3, 0.4) is 0 Å². The van der Waals surface area contributed by atoms with Crippen molar-refractivity contribution in [2.45, 2.75) is 48.8 Å². The van der Waals surface area contributed by atoms with E-state index in [0.29, 0.717) is 0 Å². The summed E-state index contributed by atoms with van der Waals surface area (Å²) in [5, 5.41) is 0.116. The monoisotopic (exact) mass is 325 g/mol. The fraction of sp³-hybridized carbons (Fsp3) is 0.900. The molecule has 10 heteroatoms. The number of nitrogens with one attached hydrogen (secondary N) is 1. The minimum Gasteiger partial charge on any atom is -0.461 e. The van der Waals surface area contributed by atoms with Gasteiger partial charge in [0.15, 0.2) is 0 Å². The first-order valence-electron chi connectivity index (χ1n) is 5.64. The van der Waals surface area contributed by atoms with Gasteiger partial charge in [0.25, 0.3) is 0 Å². The topological polar surface area (TPSA) is 38.3 Å². The second-order valence-corrected chi connectivity index (χ2v) is 5.41.